The lowest BCUT2D eigenvalue weighted by atomic mass is 9.68. The number of nitrogens with zero attached hydrogens (tertiary/aromatic N) is 1. The molecule has 5 rings (SSSR count). The average Bonchev–Trinajstić information content (AvgIpc) is 3.14. The molecule has 0 aromatic carbocycles. The molecule has 3 saturated carbocycles. The van der Waals surface area contributed by atoms with Gasteiger partial charge in [-0.05, 0) is 56.3 Å². The Kier molecular flexibility index (Phi) is 2.45. The molecule has 104 valence electrons. The molecule has 5 aliphatic rings. The quantitative estimate of drug-likeness (QED) is 0.825. The number of fused-ring (bicyclic) bond motifs is 1. The van der Waals surface area contributed by atoms with Crippen LogP contribution in [-0.4, -0.2) is 34.5 Å². The lowest BCUT2D eigenvalue weighted by Crippen LogP contribution is -2.43. The predicted molar refractivity (Wildman–Crippen MR) is 68.3 cm³/mol. The molecule has 4 atom stereocenters. The summed E-state index contributed by atoms with van der Waals surface area (Å²) in [4.78, 5) is 25.6. The van der Waals surface area contributed by atoms with Gasteiger partial charge in [-0.1, -0.05) is 0 Å². The number of carbonyl (C=O) groups excluding carboxylic acids is 1. The van der Waals surface area contributed by atoms with Crippen LogP contribution in [0.4, 0.5) is 0 Å². The van der Waals surface area contributed by atoms with Crippen LogP contribution in [0, 0.1) is 29.6 Å². The Morgan fingerprint density at radius 2 is 1.47 bits per heavy atom. The molecule has 2 heterocycles. The summed E-state index contributed by atoms with van der Waals surface area (Å²) in [5, 5.41) is 8.99. The van der Waals surface area contributed by atoms with Gasteiger partial charge in [0.15, 0.2) is 0 Å². The normalized spacial score (nSPS) is 47.1. The largest absolute Gasteiger partial charge is 0.481 e. The standard InChI is InChI=1S/C15H21NO3/c17-14(12-6-13(12)15(18)19)16-7-10-2-8-1-9(3-10)5-11(16)4-8/h8-13H,1-7H2,(H,18,19). The van der Waals surface area contributed by atoms with Gasteiger partial charge in [0, 0.05) is 12.6 Å². The molecule has 4 heteroatoms. The van der Waals surface area contributed by atoms with Crippen LogP contribution in [0.15, 0.2) is 0 Å². The van der Waals surface area contributed by atoms with Gasteiger partial charge in [0.2, 0.25) is 5.91 Å². The topological polar surface area (TPSA) is 57.6 Å². The van der Waals surface area contributed by atoms with E-state index in [1.165, 1.54) is 32.1 Å². The monoisotopic (exact) mass is 263 g/mol. The number of hydrogen-bond acceptors (Lipinski definition) is 2. The third-order valence-electron chi connectivity index (χ3n) is 5.81. The van der Waals surface area contributed by atoms with E-state index in [9.17, 15) is 9.59 Å². The zero-order valence-corrected chi connectivity index (χ0v) is 11.1. The van der Waals surface area contributed by atoms with Crippen molar-refractivity contribution in [3.8, 4) is 0 Å². The highest BCUT2D eigenvalue weighted by Crippen LogP contribution is 2.49. The summed E-state index contributed by atoms with van der Waals surface area (Å²) in [6.07, 6.45) is 6.87. The van der Waals surface area contributed by atoms with Crippen LogP contribution in [0.5, 0.6) is 0 Å². The van der Waals surface area contributed by atoms with Crippen LogP contribution in [0.2, 0.25) is 0 Å². The zero-order chi connectivity index (χ0) is 13.1. The van der Waals surface area contributed by atoms with Gasteiger partial charge in [0.1, 0.15) is 0 Å². The van der Waals surface area contributed by atoms with Gasteiger partial charge < -0.3 is 10.0 Å². The van der Waals surface area contributed by atoms with Gasteiger partial charge in [0.05, 0.1) is 11.8 Å². The highest BCUT2D eigenvalue weighted by molar-refractivity contribution is 5.89. The molecule has 0 radical (unpaired) electrons. The van der Waals surface area contributed by atoms with Crippen molar-refractivity contribution in [3.63, 3.8) is 0 Å². The molecule has 1 N–H and O–H groups in total. The van der Waals surface area contributed by atoms with Crippen LogP contribution in [-0.2, 0) is 9.59 Å². The summed E-state index contributed by atoms with van der Waals surface area (Å²) in [5.74, 6) is 1.08. The van der Waals surface area contributed by atoms with Gasteiger partial charge in [-0.2, -0.15) is 0 Å². The maximum absolute atomic E-state index is 12.6. The Hall–Kier alpha value is -1.06. The Balaban J connectivity index is 1.52. The summed E-state index contributed by atoms with van der Waals surface area (Å²) >= 11 is 0. The third kappa shape index (κ3) is 1.87. The number of rotatable bonds is 2. The number of carboxylic acids is 1. The van der Waals surface area contributed by atoms with Crippen molar-refractivity contribution in [2.75, 3.05) is 6.54 Å². The molecule has 19 heavy (non-hydrogen) atoms. The van der Waals surface area contributed by atoms with E-state index in [1.54, 1.807) is 0 Å². The zero-order valence-electron chi connectivity index (χ0n) is 11.1. The highest BCUT2D eigenvalue weighted by atomic mass is 16.4. The molecular weight excluding hydrogens is 242 g/mol. The van der Waals surface area contributed by atoms with Crippen molar-refractivity contribution in [2.45, 2.75) is 44.6 Å². The fourth-order valence-electron chi connectivity index (χ4n) is 5.01. The molecule has 5 fully saturated rings. The van der Waals surface area contributed by atoms with Crippen LogP contribution in [0.1, 0.15) is 38.5 Å². The molecule has 2 saturated heterocycles. The number of amides is 1. The van der Waals surface area contributed by atoms with Crippen molar-refractivity contribution >= 4 is 11.9 Å². The SMILES string of the molecule is O=C(O)C1CC1C(=O)N1CC2CC3CC(C2)CC1C3. The van der Waals surface area contributed by atoms with Crippen LogP contribution >= 0.6 is 0 Å². The second kappa shape index (κ2) is 3.97. The Labute approximate surface area is 113 Å². The Morgan fingerprint density at radius 1 is 0.842 bits per heavy atom. The molecule has 4 unspecified atom stereocenters. The summed E-state index contributed by atoms with van der Waals surface area (Å²) in [6.45, 7) is 0.902. The van der Waals surface area contributed by atoms with E-state index in [2.05, 4.69) is 4.90 Å². The van der Waals surface area contributed by atoms with E-state index >= 15 is 0 Å². The summed E-state index contributed by atoms with van der Waals surface area (Å²) in [6, 6.07) is 0.416. The van der Waals surface area contributed by atoms with E-state index in [4.69, 9.17) is 5.11 Å². The number of aliphatic carboxylic acids is 1. The molecule has 0 aromatic rings. The molecule has 0 aromatic heterocycles. The first-order valence-electron chi connectivity index (χ1n) is 7.65. The van der Waals surface area contributed by atoms with Crippen molar-refractivity contribution in [1.82, 2.24) is 4.90 Å². The highest BCUT2D eigenvalue weighted by Gasteiger charge is 2.53. The molecule has 3 aliphatic carbocycles. The van der Waals surface area contributed by atoms with Crippen LogP contribution in [0.25, 0.3) is 0 Å². The van der Waals surface area contributed by atoms with E-state index in [1.807, 2.05) is 0 Å². The van der Waals surface area contributed by atoms with Crippen molar-refractivity contribution in [3.05, 3.63) is 0 Å². The average molecular weight is 263 g/mol. The summed E-state index contributed by atoms with van der Waals surface area (Å²) in [7, 11) is 0. The second-order valence-corrected chi connectivity index (χ2v) is 7.21. The van der Waals surface area contributed by atoms with Gasteiger partial charge in [-0.15, -0.1) is 0 Å². The molecular formula is C15H21NO3. The maximum atomic E-state index is 12.6. The van der Waals surface area contributed by atoms with E-state index in [0.717, 1.165) is 18.4 Å². The second-order valence-electron chi connectivity index (χ2n) is 7.21. The fraction of sp³-hybridized carbons (Fsp3) is 0.867. The van der Waals surface area contributed by atoms with Gasteiger partial charge in [0.25, 0.3) is 0 Å². The lowest BCUT2D eigenvalue weighted by Gasteiger charge is -2.39. The van der Waals surface area contributed by atoms with Crippen molar-refractivity contribution in [1.29, 1.82) is 0 Å². The van der Waals surface area contributed by atoms with Crippen molar-refractivity contribution in [2.24, 2.45) is 29.6 Å². The minimum absolute atomic E-state index is 0.144. The molecule has 4 nitrogen and oxygen atoms in total. The first kappa shape index (κ1) is 11.7. The number of hydrogen-bond donors (Lipinski definition) is 1. The van der Waals surface area contributed by atoms with Crippen LogP contribution < -0.4 is 0 Å². The minimum Gasteiger partial charge on any atom is -0.481 e. The van der Waals surface area contributed by atoms with E-state index in [-0.39, 0.29) is 11.8 Å². The Bertz CT molecular complexity index is 421. The molecule has 2 aliphatic heterocycles. The smallest absolute Gasteiger partial charge is 0.307 e. The molecule has 4 bridgehead atoms. The van der Waals surface area contributed by atoms with Crippen molar-refractivity contribution < 1.29 is 14.7 Å². The minimum atomic E-state index is -0.793. The van der Waals surface area contributed by atoms with E-state index < -0.39 is 11.9 Å². The van der Waals surface area contributed by atoms with Gasteiger partial charge in [-0.3, -0.25) is 9.59 Å². The number of carboxylic acid groups (broad SMARTS) is 1. The fourth-order valence-corrected chi connectivity index (χ4v) is 5.01. The predicted octanol–water partition coefficient (Wildman–Crippen LogP) is 1.74. The number of carbonyl (C=O) groups is 2. The van der Waals surface area contributed by atoms with E-state index in [0.29, 0.717) is 18.4 Å². The molecule has 1 amide bonds. The van der Waals surface area contributed by atoms with Gasteiger partial charge in [-0.25, -0.2) is 0 Å². The van der Waals surface area contributed by atoms with Gasteiger partial charge >= 0.3 is 5.97 Å². The first-order chi connectivity index (χ1) is 9.11. The molecule has 0 spiro atoms. The third-order valence-corrected chi connectivity index (χ3v) is 5.81. The Morgan fingerprint density at radius 3 is 2.05 bits per heavy atom. The first-order valence-corrected chi connectivity index (χ1v) is 7.65. The lowest BCUT2D eigenvalue weighted by molar-refractivity contribution is -0.143. The maximum Gasteiger partial charge on any atom is 0.307 e. The van der Waals surface area contributed by atoms with Crippen LogP contribution in [0.3, 0.4) is 0 Å². The summed E-state index contributed by atoms with van der Waals surface area (Å²) < 4.78 is 0. The summed E-state index contributed by atoms with van der Waals surface area (Å²) in [5.41, 5.74) is 0.